The molecule has 7 nitrogen and oxygen atoms in total. The highest BCUT2D eigenvalue weighted by atomic mass is 35.5. The Kier molecular flexibility index (Phi) is 6.20. The van der Waals surface area contributed by atoms with Crippen LogP contribution in [0.15, 0.2) is 40.2 Å². The van der Waals surface area contributed by atoms with Crippen molar-refractivity contribution >= 4 is 40.5 Å². The van der Waals surface area contributed by atoms with Crippen LogP contribution in [0.1, 0.15) is 17.9 Å². The Morgan fingerprint density at radius 2 is 2.19 bits per heavy atom. The van der Waals surface area contributed by atoms with E-state index in [1.165, 1.54) is 11.3 Å². The molecule has 2 heterocycles. The van der Waals surface area contributed by atoms with Crippen molar-refractivity contribution in [1.29, 1.82) is 0 Å². The van der Waals surface area contributed by atoms with E-state index in [0.717, 1.165) is 10.4 Å². The molecule has 0 atom stereocenters. The molecule has 0 bridgehead atoms. The maximum absolute atomic E-state index is 11.9. The summed E-state index contributed by atoms with van der Waals surface area (Å²) < 4.78 is 10.1. The fourth-order valence-corrected chi connectivity index (χ4v) is 3.12. The number of ether oxygens (including phenoxy) is 1. The van der Waals surface area contributed by atoms with E-state index in [9.17, 15) is 9.59 Å². The standard InChI is InChI=1S/C18H16ClN3O4S/c1-11-9-12(19)4-5-13(11)20-15(23)10-25-17(24)7-6-16-21-18(22-26-16)14-3-2-8-27-14/h2-5,8-9H,6-7,10H2,1H3,(H,20,23). The van der Waals surface area contributed by atoms with E-state index in [1.54, 1.807) is 18.2 Å². The number of thiophene rings is 1. The van der Waals surface area contributed by atoms with Crippen molar-refractivity contribution in [2.75, 3.05) is 11.9 Å². The molecule has 2 aromatic heterocycles. The van der Waals surface area contributed by atoms with Gasteiger partial charge in [-0.2, -0.15) is 4.98 Å². The second-order valence-electron chi connectivity index (χ2n) is 5.66. The molecule has 0 radical (unpaired) electrons. The second kappa shape index (κ2) is 8.79. The zero-order valence-corrected chi connectivity index (χ0v) is 16.0. The van der Waals surface area contributed by atoms with Crippen LogP contribution in [0.5, 0.6) is 0 Å². The molecule has 0 aliphatic heterocycles. The SMILES string of the molecule is Cc1cc(Cl)ccc1NC(=O)COC(=O)CCc1nc(-c2cccs2)no1. The van der Waals surface area contributed by atoms with Gasteiger partial charge in [-0.1, -0.05) is 22.8 Å². The molecule has 27 heavy (non-hydrogen) atoms. The molecular weight excluding hydrogens is 390 g/mol. The van der Waals surface area contributed by atoms with Crippen molar-refractivity contribution < 1.29 is 18.8 Å². The van der Waals surface area contributed by atoms with Gasteiger partial charge >= 0.3 is 5.97 Å². The lowest BCUT2D eigenvalue weighted by Gasteiger charge is -2.09. The molecule has 0 saturated heterocycles. The average molecular weight is 406 g/mol. The first kappa shape index (κ1) is 19.1. The first-order valence-corrected chi connectivity index (χ1v) is 9.35. The Morgan fingerprint density at radius 1 is 1.33 bits per heavy atom. The van der Waals surface area contributed by atoms with Crippen LogP contribution in [0.3, 0.4) is 0 Å². The summed E-state index contributed by atoms with van der Waals surface area (Å²) in [5, 5.41) is 9.04. The minimum Gasteiger partial charge on any atom is -0.456 e. The monoisotopic (exact) mass is 405 g/mol. The molecule has 1 amide bonds. The van der Waals surface area contributed by atoms with Gasteiger partial charge in [0.1, 0.15) is 0 Å². The summed E-state index contributed by atoms with van der Waals surface area (Å²) >= 11 is 7.37. The number of rotatable bonds is 7. The van der Waals surface area contributed by atoms with Gasteiger partial charge in [-0.05, 0) is 42.1 Å². The second-order valence-corrected chi connectivity index (χ2v) is 7.04. The predicted octanol–water partition coefficient (Wildman–Crippen LogP) is 3.87. The molecule has 3 rings (SSSR count). The van der Waals surface area contributed by atoms with Gasteiger partial charge in [0.15, 0.2) is 6.61 Å². The zero-order chi connectivity index (χ0) is 19.2. The van der Waals surface area contributed by atoms with E-state index in [0.29, 0.717) is 22.4 Å². The number of aryl methyl sites for hydroxylation is 2. The summed E-state index contributed by atoms with van der Waals surface area (Å²) in [4.78, 5) is 28.8. The summed E-state index contributed by atoms with van der Waals surface area (Å²) in [7, 11) is 0. The Balaban J connectivity index is 1.42. The van der Waals surface area contributed by atoms with Gasteiger partial charge in [-0.15, -0.1) is 11.3 Å². The van der Waals surface area contributed by atoms with Gasteiger partial charge in [-0.25, -0.2) is 0 Å². The third kappa shape index (κ3) is 5.38. The number of anilines is 1. The van der Waals surface area contributed by atoms with Gasteiger partial charge in [0.05, 0.1) is 11.3 Å². The third-order valence-electron chi connectivity index (χ3n) is 3.58. The van der Waals surface area contributed by atoms with Gasteiger partial charge in [-0.3, -0.25) is 9.59 Å². The molecule has 0 fully saturated rings. The Hall–Kier alpha value is -2.71. The van der Waals surface area contributed by atoms with Crippen molar-refractivity contribution in [3.8, 4) is 10.7 Å². The molecule has 0 saturated carbocycles. The lowest BCUT2D eigenvalue weighted by atomic mass is 10.2. The summed E-state index contributed by atoms with van der Waals surface area (Å²) in [6.45, 7) is 1.45. The first-order chi connectivity index (χ1) is 13.0. The van der Waals surface area contributed by atoms with E-state index in [-0.39, 0.29) is 19.4 Å². The number of benzene rings is 1. The maximum Gasteiger partial charge on any atom is 0.306 e. The quantitative estimate of drug-likeness (QED) is 0.599. The summed E-state index contributed by atoms with van der Waals surface area (Å²) in [6.07, 6.45) is 0.286. The predicted molar refractivity (Wildman–Crippen MR) is 102 cm³/mol. The number of aromatic nitrogens is 2. The van der Waals surface area contributed by atoms with Crippen LogP contribution in [0.25, 0.3) is 10.7 Å². The normalized spacial score (nSPS) is 10.6. The number of nitrogens with zero attached hydrogens (tertiary/aromatic N) is 2. The maximum atomic E-state index is 11.9. The molecular formula is C18H16ClN3O4S. The molecule has 0 aliphatic carbocycles. The number of hydrogen-bond acceptors (Lipinski definition) is 7. The molecule has 3 aromatic rings. The Bertz CT molecular complexity index is 940. The van der Waals surface area contributed by atoms with Gasteiger partial charge < -0.3 is 14.6 Å². The van der Waals surface area contributed by atoms with E-state index < -0.39 is 11.9 Å². The molecule has 1 aromatic carbocycles. The van der Waals surface area contributed by atoms with Gasteiger partial charge in [0.25, 0.3) is 5.91 Å². The molecule has 9 heteroatoms. The number of halogens is 1. The zero-order valence-electron chi connectivity index (χ0n) is 14.4. The van der Waals surface area contributed by atoms with E-state index >= 15 is 0 Å². The van der Waals surface area contributed by atoms with Gasteiger partial charge in [0.2, 0.25) is 11.7 Å². The van der Waals surface area contributed by atoms with E-state index in [2.05, 4.69) is 15.5 Å². The number of nitrogens with one attached hydrogen (secondary N) is 1. The summed E-state index contributed by atoms with van der Waals surface area (Å²) in [5.41, 5.74) is 1.44. The lowest BCUT2D eigenvalue weighted by Crippen LogP contribution is -2.21. The number of hydrogen-bond donors (Lipinski definition) is 1. The molecule has 0 unspecified atom stereocenters. The smallest absolute Gasteiger partial charge is 0.306 e. The lowest BCUT2D eigenvalue weighted by molar-refractivity contribution is -0.147. The molecule has 1 N–H and O–H groups in total. The largest absolute Gasteiger partial charge is 0.456 e. The number of esters is 1. The van der Waals surface area contributed by atoms with Crippen molar-refractivity contribution in [3.05, 3.63) is 52.2 Å². The Labute approximate surface area is 164 Å². The van der Waals surface area contributed by atoms with Crippen molar-refractivity contribution in [2.45, 2.75) is 19.8 Å². The minimum atomic E-state index is -0.520. The minimum absolute atomic E-state index is 0.0410. The third-order valence-corrected chi connectivity index (χ3v) is 4.68. The van der Waals surface area contributed by atoms with Crippen molar-refractivity contribution in [3.63, 3.8) is 0 Å². The first-order valence-electron chi connectivity index (χ1n) is 8.09. The van der Waals surface area contributed by atoms with Crippen LogP contribution in [-0.4, -0.2) is 28.6 Å². The highest BCUT2D eigenvalue weighted by Gasteiger charge is 2.13. The summed E-state index contributed by atoms with van der Waals surface area (Å²) in [6, 6.07) is 8.87. The average Bonchev–Trinajstić information content (AvgIpc) is 3.32. The fraction of sp³-hybridized carbons (Fsp3) is 0.222. The number of carbonyl (C=O) groups is 2. The number of carbonyl (C=O) groups excluding carboxylic acids is 2. The van der Waals surface area contributed by atoms with Crippen molar-refractivity contribution in [1.82, 2.24) is 10.1 Å². The van der Waals surface area contributed by atoms with E-state index in [1.807, 2.05) is 24.4 Å². The topological polar surface area (TPSA) is 94.3 Å². The highest BCUT2D eigenvalue weighted by Crippen LogP contribution is 2.21. The fourth-order valence-electron chi connectivity index (χ4n) is 2.24. The van der Waals surface area contributed by atoms with Crippen LogP contribution in [0, 0.1) is 6.92 Å². The molecule has 0 spiro atoms. The van der Waals surface area contributed by atoms with Crippen LogP contribution < -0.4 is 5.32 Å². The highest BCUT2D eigenvalue weighted by molar-refractivity contribution is 7.13. The number of amides is 1. The Morgan fingerprint density at radius 3 is 2.93 bits per heavy atom. The summed E-state index contributed by atoms with van der Waals surface area (Å²) in [5.74, 6) is -0.108. The van der Waals surface area contributed by atoms with Crippen LogP contribution in [-0.2, 0) is 20.7 Å². The van der Waals surface area contributed by atoms with Crippen LogP contribution in [0.2, 0.25) is 5.02 Å². The van der Waals surface area contributed by atoms with E-state index in [4.69, 9.17) is 20.9 Å². The molecule has 140 valence electrons. The molecule has 0 aliphatic rings. The van der Waals surface area contributed by atoms with Gasteiger partial charge in [0, 0.05) is 17.1 Å². The van der Waals surface area contributed by atoms with Crippen LogP contribution >= 0.6 is 22.9 Å². The van der Waals surface area contributed by atoms with Crippen LogP contribution in [0.4, 0.5) is 5.69 Å². The van der Waals surface area contributed by atoms with Crippen molar-refractivity contribution in [2.24, 2.45) is 0 Å².